The van der Waals surface area contributed by atoms with Gasteiger partial charge in [0.2, 0.25) is 15.9 Å². The van der Waals surface area contributed by atoms with Gasteiger partial charge in [0, 0.05) is 25.3 Å². The second-order valence-corrected chi connectivity index (χ2v) is 11.6. The number of aryl methyl sites for hydroxylation is 5. The van der Waals surface area contributed by atoms with E-state index in [1.54, 1.807) is 26.0 Å². The molecule has 2 aromatic rings. The lowest BCUT2D eigenvalue weighted by Crippen LogP contribution is -2.58. The number of hydrogen-bond donors (Lipinski definition) is 3. The quantitative estimate of drug-likeness (QED) is 0.416. The summed E-state index contributed by atoms with van der Waals surface area (Å²) in [5, 5.41) is 13.0. The SMILES string of the molecule is Cc1cc(C)c(S(=O)(=O)NC(CN2CC(CCCc3ccc4c(n3)NCCC4)C2=O)C(=O)O)c(C)c1. The molecule has 2 atom stereocenters. The number of carboxylic acid groups (broad SMARTS) is 1. The summed E-state index contributed by atoms with van der Waals surface area (Å²) in [6.45, 7) is 6.40. The number of fused-ring (bicyclic) bond motifs is 1. The van der Waals surface area contributed by atoms with Crippen molar-refractivity contribution in [2.75, 3.05) is 25.0 Å². The van der Waals surface area contributed by atoms with Crippen LogP contribution in [0, 0.1) is 26.7 Å². The van der Waals surface area contributed by atoms with Crippen LogP contribution in [0.15, 0.2) is 29.2 Å². The zero-order valence-corrected chi connectivity index (χ0v) is 21.8. The van der Waals surface area contributed by atoms with Crippen molar-refractivity contribution in [1.29, 1.82) is 0 Å². The normalized spacial score (nSPS) is 18.2. The number of carbonyl (C=O) groups is 2. The molecule has 3 heterocycles. The van der Waals surface area contributed by atoms with Gasteiger partial charge in [-0.05, 0) is 75.6 Å². The van der Waals surface area contributed by atoms with Gasteiger partial charge in [0.15, 0.2) is 0 Å². The number of sulfonamides is 1. The van der Waals surface area contributed by atoms with Crippen molar-refractivity contribution in [3.63, 3.8) is 0 Å². The monoisotopic (exact) mass is 514 g/mol. The molecular weight excluding hydrogens is 480 g/mol. The molecule has 36 heavy (non-hydrogen) atoms. The Morgan fingerprint density at radius 3 is 2.64 bits per heavy atom. The highest BCUT2D eigenvalue weighted by Crippen LogP contribution is 2.26. The van der Waals surface area contributed by atoms with E-state index < -0.39 is 22.0 Å². The summed E-state index contributed by atoms with van der Waals surface area (Å²) in [4.78, 5) is 30.7. The predicted molar refractivity (Wildman–Crippen MR) is 136 cm³/mol. The molecule has 1 aromatic heterocycles. The van der Waals surface area contributed by atoms with Crippen molar-refractivity contribution in [2.24, 2.45) is 5.92 Å². The first-order valence-electron chi connectivity index (χ1n) is 12.4. The van der Waals surface area contributed by atoms with Crippen LogP contribution in [-0.4, -0.2) is 61.0 Å². The number of aliphatic carboxylic acids is 1. The Labute approximate surface area is 212 Å². The average Bonchev–Trinajstić information content (AvgIpc) is 2.80. The number of anilines is 1. The van der Waals surface area contributed by atoms with Gasteiger partial charge >= 0.3 is 5.97 Å². The summed E-state index contributed by atoms with van der Waals surface area (Å²) in [7, 11) is -4.08. The number of likely N-dealkylation sites (tertiary alicyclic amines) is 1. The van der Waals surface area contributed by atoms with Gasteiger partial charge in [0.1, 0.15) is 11.9 Å². The number of pyridine rings is 1. The molecule has 0 aliphatic carbocycles. The molecule has 0 bridgehead atoms. The molecule has 0 spiro atoms. The van der Waals surface area contributed by atoms with Gasteiger partial charge in [-0.25, -0.2) is 13.4 Å². The van der Waals surface area contributed by atoms with E-state index in [1.165, 1.54) is 10.5 Å². The molecule has 194 valence electrons. The average molecular weight is 515 g/mol. The van der Waals surface area contributed by atoms with E-state index in [-0.39, 0.29) is 23.3 Å². The van der Waals surface area contributed by atoms with E-state index in [4.69, 9.17) is 0 Å². The molecule has 2 aliphatic rings. The zero-order valence-electron chi connectivity index (χ0n) is 21.0. The van der Waals surface area contributed by atoms with E-state index in [1.807, 2.05) is 13.0 Å². The number of amides is 1. The summed E-state index contributed by atoms with van der Waals surface area (Å²) >= 11 is 0. The lowest BCUT2D eigenvalue weighted by atomic mass is 9.91. The highest BCUT2D eigenvalue weighted by Gasteiger charge is 2.39. The van der Waals surface area contributed by atoms with E-state index in [2.05, 4.69) is 21.1 Å². The second kappa shape index (κ2) is 10.6. The number of aromatic nitrogens is 1. The molecule has 1 amide bonds. The summed E-state index contributed by atoms with van der Waals surface area (Å²) in [5.74, 6) is -0.663. The number of benzene rings is 1. The minimum Gasteiger partial charge on any atom is -0.480 e. The van der Waals surface area contributed by atoms with Crippen molar-refractivity contribution in [3.8, 4) is 0 Å². The van der Waals surface area contributed by atoms with Crippen LogP contribution < -0.4 is 10.0 Å². The molecule has 10 heteroatoms. The molecular formula is C26H34N4O5S. The Hall–Kier alpha value is -2.98. The summed E-state index contributed by atoms with van der Waals surface area (Å²) in [6.07, 6.45) is 4.42. The topological polar surface area (TPSA) is 129 Å². The molecule has 2 unspecified atom stereocenters. The van der Waals surface area contributed by atoms with Crippen LogP contribution in [0.3, 0.4) is 0 Å². The fourth-order valence-electron chi connectivity index (χ4n) is 5.22. The van der Waals surface area contributed by atoms with Gasteiger partial charge in [0.25, 0.3) is 0 Å². The van der Waals surface area contributed by atoms with Crippen molar-refractivity contribution in [3.05, 3.63) is 52.2 Å². The minimum absolute atomic E-state index is 0.0816. The van der Waals surface area contributed by atoms with Gasteiger partial charge in [0.05, 0.1) is 10.8 Å². The summed E-state index contributed by atoms with van der Waals surface area (Å²) < 4.78 is 28.3. The third-order valence-corrected chi connectivity index (χ3v) is 8.69. The van der Waals surface area contributed by atoms with Crippen molar-refractivity contribution >= 4 is 27.7 Å². The van der Waals surface area contributed by atoms with Crippen LogP contribution in [0.5, 0.6) is 0 Å². The first-order valence-corrected chi connectivity index (χ1v) is 13.9. The van der Waals surface area contributed by atoms with Crippen LogP contribution in [0.2, 0.25) is 0 Å². The number of carbonyl (C=O) groups excluding carboxylic acids is 1. The molecule has 0 saturated carbocycles. The van der Waals surface area contributed by atoms with Crippen LogP contribution in [0.1, 0.15) is 47.2 Å². The van der Waals surface area contributed by atoms with Crippen molar-refractivity contribution in [1.82, 2.24) is 14.6 Å². The number of carboxylic acids is 1. The zero-order chi connectivity index (χ0) is 26.0. The van der Waals surface area contributed by atoms with E-state index in [9.17, 15) is 23.1 Å². The minimum atomic E-state index is -4.08. The largest absolute Gasteiger partial charge is 0.480 e. The molecule has 3 N–H and O–H groups in total. The number of rotatable bonds is 10. The maximum Gasteiger partial charge on any atom is 0.323 e. The van der Waals surface area contributed by atoms with Gasteiger partial charge < -0.3 is 15.3 Å². The Balaban J connectivity index is 1.30. The Kier molecular flexibility index (Phi) is 7.65. The predicted octanol–water partition coefficient (Wildman–Crippen LogP) is 2.58. The number of hydrogen-bond acceptors (Lipinski definition) is 6. The maximum atomic E-state index is 13.0. The van der Waals surface area contributed by atoms with Crippen LogP contribution >= 0.6 is 0 Å². The van der Waals surface area contributed by atoms with Crippen LogP contribution in [-0.2, 0) is 32.5 Å². The number of nitrogens with one attached hydrogen (secondary N) is 2. The van der Waals surface area contributed by atoms with Crippen LogP contribution in [0.25, 0.3) is 0 Å². The number of β-lactam (4-membered cyclic amide) rings is 1. The van der Waals surface area contributed by atoms with Crippen molar-refractivity contribution in [2.45, 2.75) is 63.8 Å². The van der Waals surface area contributed by atoms with E-state index in [0.29, 0.717) is 24.1 Å². The van der Waals surface area contributed by atoms with Crippen molar-refractivity contribution < 1.29 is 23.1 Å². The first-order chi connectivity index (χ1) is 17.0. The second-order valence-electron chi connectivity index (χ2n) is 9.91. The lowest BCUT2D eigenvalue weighted by molar-refractivity contribution is -0.150. The number of nitrogens with zero attached hydrogens (tertiary/aromatic N) is 2. The summed E-state index contributed by atoms with van der Waals surface area (Å²) in [6, 6.07) is 6.23. The fraction of sp³-hybridized carbons (Fsp3) is 0.500. The fourth-order valence-corrected chi connectivity index (χ4v) is 6.85. The van der Waals surface area contributed by atoms with Gasteiger partial charge in [-0.2, -0.15) is 4.72 Å². The highest BCUT2D eigenvalue weighted by molar-refractivity contribution is 7.89. The molecule has 0 radical (unpaired) electrons. The lowest BCUT2D eigenvalue weighted by Gasteiger charge is -2.40. The first kappa shape index (κ1) is 26.1. The Bertz CT molecular complexity index is 1250. The molecule has 2 aliphatic heterocycles. The summed E-state index contributed by atoms with van der Waals surface area (Å²) in [5.41, 5.74) is 4.26. The molecule has 1 fully saturated rings. The Morgan fingerprint density at radius 2 is 1.97 bits per heavy atom. The van der Waals surface area contributed by atoms with Gasteiger partial charge in [-0.15, -0.1) is 0 Å². The standard InChI is InChI=1S/C26H34N4O5S/c1-16-12-17(2)23(18(3)13-16)36(34,35)29-22(26(32)33)15-30-14-20(25(30)31)6-4-8-21-10-9-19-7-5-11-27-24(19)28-21/h9-10,12-13,20,22,29H,4-8,11,14-15H2,1-3H3,(H,27,28)(H,32,33). The highest BCUT2D eigenvalue weighted by atomic mass is 32.2. The molecule has 1 aromatic carbocycles. The third-order valence-electron chi connectivity index (χ3n) is 6.91. The molecule has 1 saturated heterocycles. The van der Waals surface area contributed by atoms with E-state index in [0.717, 1.165) is 49.3 Å². The molecule has 9 nitrogen and oxygen atoms in total. The van der Waals surface area contributed by atoms with E-state index >= 15 is 0 Å². The smallest absolute Gasteiger partial charge is 0.323 e. The third kappa shape index (κ3) is 5.70. The van der Waals surface area contributed by atoms with Gasteiger partial charge in [-0.1, -0.05) is 23.8 Å². The van der Waals surface area contributed by atoms with Crippen LogP contribution in [0.4, 0.5) is 5.82 Å². The Morgan fingerprint density at radius 1 is 1.25 bits per heavy atom. The molecule has 4 rings (SSSR count). The van der Waals surface area contributed by atoms with Gasteiger partial charge in [-0.3, -0.25) is 9.59 Å². The maximum absolute atomic E-state index is 13.0.